The number of aromatic nitrogens is 7. The van der Waals surface area contributed by atoms with Crippen molar-refractivity contribution in [2.24, 2.45) is 0 Å². The molecule has 0 amide bonds. The van der Waals surface area contributed by atoms with Crippen LogP contribution in [-0.2, 0) is 13.1 Å². The molecule has 0 aliphatic carbocycles. The number of fused-ring (bicyclic) bond motifs is 2. The second-order valence-electron chi connectivity index (χ2n) is 12.2. The van der Waals surface area contributed by atoms with Gasteiger partial charge in [-0.3, -0.25) is 23.7 Å². The normalized spacial score (nSPS) is 10.9. The summed E-state index contributed by atoms with van der Waals surface area (Å²) < 4.78 is 3.25. The number of rotatable bonds is 7. The van der Waals surface area contributed by atoms with Crippen molar-refractivity contribution >= 4 is 27.8 Å². The lowest BCUT2D eigenvalue weighted by molar-refractivity contribution is 0.747. The minimum Gasteiger partial charge on any atom is -0.363 e. The lowest BCUT2D eigenvalue weighted by atomic mass is 10.1. The monoisotopic (exact) mass is 670 g/mol. The summed E-state index contributed by atoms with van der Waals surface area (Å²) in [6.07, 6.45) is 10.2. The predicted octanol–water partition coefficient (Wildman–Crippen LogP) is 6.47. The Balaban J connectivity index is 0.000000160. The Kier molecular flexibility index (Phi) is 9.47. The summed E-state index contributed by atoms with van der Waals surface area (Å²) in [6.45, 7) is 0.974. The van der Waals surface area contributed by atoms with Gasteiger partial charge in [0.05, 0.1) is 35.7 Å². The molecule has 51 heavy (non-hydrogen) atoms. The zero-order chi connectivity index (χ0) is 35.2. The van der Waals surface area contributed by atoms with Crippen molar-refractivity contribution in [3.05, 3.63) is 178 Å². The molecule has 0 aliphatic heterocycles. The van der Waals surface area contributed by atoms with Crippen LogP contribution < -0.4 is 16.0 Å². The fraction of sp³-hybridized carbons (Fsp3) is 0.0976. The van der Waals surface area contributed by atoms with Crippen molar-refractivity contribution < 1.29 is 0 Å². The summed E-state index contributed by atoms with van der Waals surface area (Å²) in [5, 5.41) is 1.18. The van der Waals surface area contributed by atoms with E-state index in [0.717, 1.165) is 44.7 Å². The second kappa shape index (κ2) is 14.8. The van der Waals surface area contributed by atoms with Crippen LogP contribution in [0.2, 0.25) is 0 Å². The number of pyridine rings is 3. The quantitative estimate of drug-likeness (QED) is 0.190. The number of hydrogen-bond acceptors (Lipinski definition) is 8. The summed E-state index contributed by atoms with van der Waals surface area (Å²) in [5.74, 6) is 0.929. The third-order valence-electron chi connectivity index (χ3n) is 8.50. The molecular weight excluding hydrogens is 637 g/mol. The first-order chi connectivity index (χ1) is 24.9. The van der Waals surface area contributed by atoms with Crippen LogP contribution in [-0.4, -0.2) is 48.1 Å². The van der Waals surface area contributed by atoms with Gasteiger partial charge in [-0.15, -0.1) is 0 Å². The first-order valence-electron chi connectivity index (χ1n) is 16.4. The Bertz CT molecular complexity index is 2530. The van der Waals surface area contributed by atoms with Crippen LogP contribution in [0.5, 0.6) is 0 Å². The van der Waals surface area contributed by atoms with Crippen LogP contribution in [0.15, 0.2) is 156 Å². The van der Waals surface area contributed by atoms with Gasteiger partial charge in [-0.1, -0.05) is 60.7 Å². The number of benzene rings is 3. The van der Waals surface area contributed by atoms with Crippen molar-refractivity contribution in [1.29, 1.82) is 0 Å². The van der Waals surface area contributed by atoms with Gasteiger partial charge in [0, 0.05) is 44.4 Å². The van der Waals surface area contributed by atoms with Crippen LogP contribution in [0.1, 0.15) is 11.1 Å². The van der Waals surface area contributed by atoms with E-state index in [1.807, 2.05) is 104 Å². The van der Waals surface area contributed by atoms with Gasteiger partial charge in [0.1, 0.15) is 12.1 Å². The summed E-state index contributed by atoms with van der Waals surface area (Å²) >= 11 is 0. The van der Waals surface area contributed by atoms with Crippen LogP contribution in [0.25, 0.3) is 44.2 Å². The maximum absolute atomic E-state index is 12.6. The molecule has 0 fully saturated rings. The van der Waals surface area contributed by atoms with Crippen LogP contribution >= 0.6 is 0 Å². The molecule has 0 atom stereocenters. The molecule has 0 spiro atoms. The lowest BCUT2D eigenvalue weighted by Crippen LogP contribution is -2.21. The van der Waals surface area contributed by atoms with E-state index in [-0.39, 0.29) is 11.1 Å². The van der Waals surface area contributed by atoms with Crippen molar-refractivity contribution in [1.82, 2.24) is 34.1 Å². The largest absolute Gasteiger partial charge is 0.363 e. The van der Waals surface area contributed by atoms with Crippen LogP contribution in [0, 0.1) is 0 Å². The molecule has 0 aliphatic rings. The molecule has 0 saturated carbocycles. The Hall–Kier alpha value is -6.81. The van der Waals surface area contributed by atoms with Gasteiger partial charge < -0.3 is 4.90 Å². The molecule has 0 unspecified atom stereocenters. The third-order valence-corrected chi connectivity index (χ3v) is 8.50. The third kappa shape index (κ3) is 7.45. The summed E-state index contributed by atoms with van der Waals surface area (Å²) in [6, 6.07) is 35.3. The number of nitrogens with zero attached hydrogens (tertiary/aromatic N) is 8. The predicted molar refractivity (Wildman–Crippen MR) is 202 cm³/mol. The molecule has 10 nitrogen and oxygen atoms in total. The van der Waals surface area contributed by atoms with Gasteiger partial charge in [0.2, 0.25) is 0 Å². The van der Waals surface area contributed by atoms with Crippen molar-refractivity contribution in [2.75, 3.05) is 19.0 Å². The molecule has 5 heterocycles. The minimum atomic E-state index is -0.0775. The summed E-state index contributed by atoms with van der Waals surface area (Å²) in [7, 11) is 3.95. The molecule has 0 radical (unpaired) electrons. The topological polar surface area (TPSA) is 112 Å². The average molecular weight is 671 g/mol. The number of para-hydroxylation sites is 1. The van der Waals surface area contributed by atoms with E-state index in [2.05, 4.69) is 43.1 Å². The molecule has 0 N–H and O–H groups in total. The van der Waals surface area contributed by atoms with Crippen molar-refractivity contribution in [3.63, 3.8) is 0 Å². The second-order valence-corrected chi connectivity index (χ2v) is 12.2. The van der Waals surface area contributed by atoms with Gasteiger partial charge in [-0.05, 0) is 76.3 Å². The van der Waals surface area contributed by atoms with E-state index in [4.69, 9.17) is 0 Å². The van der Waals surface area contributed by atoms with E-state index in [1.165, 1.54) is 0 Å². The molecule has 8 aromatic rings. The van der Waals surface area contributed by atoms with E-state index in [9.17, 15) is 9.59 Å². The molecule has 10 heteroatoms. The lowest BCUT2D eigenvalue weighted by Gasteiger charge is -2.11. The molecule has 8 rings (SSSR count). The highest BCUT2D eigenvalue weighted by molar-refractivity contribution is 5.77. The van der Waals surface area contributed by atoms with E-state index >= 15 is 0 Å². The van der Waals surface area contributed by atoms with Gasteiger partial charge >= 0.3 is 0 Å². The van der Waals surface area contributed by atoms with Gasteiger partial charge in [-0.25, -0.2) is 19.9 Å². The van der Waals surface area contributed by atoms with Crippen LogP contribution in [0.3, 0.4) is 0 Å². The zero-order valence-electron chi connectivity index (χ0n) is 28.2. The molecular formula is C41H34N8O2. The summed E-state index contributed by atoms with van der Waals surface area (Å²) in [4.78, 5) is 48.3. The minimum absolute atomic E-state index is 0.0202. The molecule has 250 valence electrons. The number of hydrogen-bond donors (Lipinski definition) is 0. The first kappa shape index (κ1) is 32.7. The van der Waals surface area contributed by atoms with Crippen molar-refractivity contribution in [2.45, 2.75) is 13.1 Å². The Labute approximate surface area is 294 Å². The fourth-order valence-electron chi connectivity index (χ4n) is 5.69. The maximum Gasteiger partial charge on any atom is 0.263 e. The van der Waals surface area contributed by atoms with E-state index in [1.54, 1.807) is 52.5 Å². The standard InChI is InChI=1S/C22H20N4O.C19H14N4O/c1-25(2)21-12-11-18(13-23-21)17-9-7-16(8-10-17)14-26-15-24-20-6-4-3-5-19(20)22(26)27;24-19-17-2-1-9-21-18(17)22-13-23(19)12-14-3-5-15(6-4-14)16-7-10-20-11-8-16/h3-13,15H,14H2,1-2H3;1-11,13H,12H2. The highest BCUT2D eigenvalue weighted by Crippen LogP contribution is 2.22. The smallest absolute Gasteiger partial charge is 0.263 e. The summed E-state index contributed by atoms with van der Waals surface area (Å²) in [5.41, 5.74) is 7.60. The molecule has 0 bridgehead atoms. The highest BCUT2D eigenvalue weighted by Gasteiger charge is 2.07. The van der Waals surface area contributed by atoms with Crippen molar-refractivity contribution in [3.8, 4) is 22.3 Å². The number of anilines is 1. The first-order valence-corrected chi connectivity index (χ1v) is 16.4. The van der Waals surface area contributed by atoms with Gasteiger partial charge in [0.25, 0.3) is 11.1 Å². The molecule has 3 aromatic carbocycles. The van der Waals surface area contributed by atoms with Gasteiger partial charge in [-0.2, -0.15) is 0 Å². The van der Waals surface area contributed by atoms with Crippen LogP contribution in [0.4, 0.5) is 5.82 Å². The van der Waals surface area contributed by atoms with E-state index < -0.39 is 0 Å². The molecule has 5 aromatic heterocycles. The SMILES string of the molecule is CN(C)c1ccc(-c2ccc(Cn3cnc4ccccc4c3=O)cc2)cn1.O=c1c2cccnc2ncn1Cc1ccc(-c2ccncc2)cc1. The zero-order valence-corrected chi connectivity index (χ0v) is 28.2. The highest BCUT2D eigenvalue weighted by atomic mass is 16.1. The average Bonchev–Trinajstić information content (AvgIpc) is 3.18. The Morgan fingerprint density at radius 3 is 1.75 bits per heavy atom. The Morgan fingerprint density at radius 1 is 0.529 bits per heavy atom. The fourth-order valence-corrected chi connectivity index (χ4v) is 5.69. The van der Waals surface area contributed by atoms with E-state index in [0.29, 0.717) is 29.5 Å². The molecule has 0 saturated heterocycles. The maximum atomic E-state index is 12.6. The Morgan fingerprint density at radius 2 is 1.10 bits per heavy atom. The van der Waals surface area contributed by atoms with Gasteiger partial charge in [0.15, 0.2) is 5.65 Å².